The first-order chi connectivity index (χ1) is 23.3. The van der Waals surface area contributed by atoms with E-state index in [0.29, 0.717) is 41.2 Å². The summed E-state index contributed by atoms with van der Waals surface area (Å²) in [4.78, 5) is 41.1. The van der Waals surface area contributed by atoms with Gasteiger partial charge in [-0.15, -0.1) is 10.2 Å². The minimum atomic E-state index is -5.16. The standard InChI is InChI=1S/C32H36ClF3N8O5/c33-24-13-23(4-1-20(24)14-37)48-22-5-2-21(3-6-22)39-27(45)25-7-8-26(41-40-25)43-11-9-19(10-12-43)15-42-16-31(17-42)18-44(30(38)47)28(31)49-29(46)32(34,35)36/h1,4,7-8,13,19,21-22,28H,2-3,5-6,9-12,15-18H2,(H2,38,47)(H,39,45). The van der Waals surface area contributed by atoms with E-state index >= 15 is 0 Å². The van der Waals surface area contributed by atoms with Gasteiger partial charge in [0.15, 0.2) is 17.7 Å². The number of carbonyl (C=O) groups is 3. The minimum absolute atomic E-state index is 0.00846. The molecule has 49 heavy (non-hydrogen) atoms. The molecule has 1 unspecified atom stereocenters. The van der Waals surface area contributed by atoms with E-state index in [1.165, 1.54) is 0 Å². The van der Waals surface area contributed by atoms with Crippen molar-refractivity contribution >= 4 is 35.3 Å². The summed E-state index contributed by atoms with van der Waals surface area (Å²) < 4.78 is 49.0. The lowest BCUT2D eigenvalue weighted by molar-refractivity contribution is -0.265. The molecule has 4 heterocycles. The van der Waals surface area contributed by atoms with Gasteiger partial charge < -0.3 is 30.3 Å². The second-order valence-corrected chi connectivity index (χ2v) is 13.7. The highest BCUT2D eigenvalue weighted by atomic mass is 35.5. The van der Waals surface area contributed by atoms with E-state index in [2.05, 4.69) is 30.1 Å². The smallest absolute Gasteiger partial charge is 0.490 e. The molecule has 1 atom stereocenters. The van der Waals surface area contributed by atoms with Crippen LogP contribution in [0.15, 0.2) is 30.3 Å². The Morgan fingerprint density at radius 1 is 1.04 bits per heavy atom. The van der Waals surface area contributed by atoms with E-state index in [4.69, 9.17) is 27.3 Å². The molecule has 1 saturated carbocycles. The number of likely N-dealkylation sites (tertiary alicyclic amines) is 2. The zero-order valence-electron chi connectivity index (χ0n) is 26.5. The van der Waals surface area contributed by atoms with E-state index in [1.54, 1.807) is 30.3 Å². The number of benzene rings is 1. The maximum absolute atomic E-state index is 12.9. The van der Waals surface area contributed by atoms with Gasteiger partial charge in [-0.3, -0.25) is 9.69 Å². The molecular formula is C32H36ClF3N8O5. The third kappa shape index (κ3) is 7.62. The third-order valence-electron chi connectivity index (χ3n) is 9.81. The van der Waals surface area contributed by atoms with Crippen molar-refractivity contribution in [1.82, 2.24) is 25.3 Å². The lowest BCUT2D eigenvalue weighted by Gasteiger charge is -2.63. The van der Waals surface area contributed by atoms with E-state index < -0.39 is 29.8 Å². The van der Waals surface area contributed by atoms with Gasteiger partial charge in [0, 0.05) is 51.4 Å². The SMILES string of the molecule is N#Cc1ccc(OC2CCC(NC(=O)c3ccc(N4CCC(CN5CC6(C5)CN(C(N)=O)C6OC(=O)C(F)(F)F)CC4)nn3)CC2)cc1Cl. The Hall–Kier alpha value is -4.36. The monoisotopic (exact) mass is 704 g/mol. The van der Waals surface area contributed by atoms with Crippen molar-refractivity contribution in [2.75, 3.05) is 44.2 Å². The summed E-state index contributed by atoms with van der Waals surface area (Å²) in [7, 11) is 0. The number of anilines is 1. The van der Waals surface area contributed by atoms with Crippen LogP contribution in [0.4, 0.5) is 23.8 Å². The molecule has 17 heteroatoms. The van der Waals surface area contributed by atoms with Crippen molar-refractivity contribution in [3.63, 3.8) is 0 Å². The van der Waals surface area contributed by atoms with Gasteiger partial charge in [0.25, 0.3) is 5.91 Å². The normalized spacial score (nSPS) is 23.9. The first kappa shape index (κ1) is 34.5. The molecule has 4 fully saturated rings. The van der Waals surface area contributed by atoms with Crippen LogP contribution in [0.5, 0.6) is 5.75 Å². The molecule has 1 aromatic carbocycles. The Balaban J connectivity index is 0.908. The number of rotatable bonds is 8. The number of nitrogens with zero attached hydrogens (tertiary/aromatic N) is 6. The van der Waals surface area contributed by atoms with E-state index in [-0.39, 0.29) is 30.3 Å². The maximum Gasteiger partial charge on any atom is 0.491 e. The molecule has 1 aliphatic carbocycles. The average Bonchev–Trinajstić information content (AvgIpc) is 3.05. The number of ether oxygens (including phenoxy) is 2. The molecular weight excluding hydrogens is 669 g/mol. The number of carbonyl (C=O) groups excluding carboxylic acids is 3. The lowest BCUT2D eigenvalue weighted by Crippen LogP contribution is -2.80. The van der Waals surface area contributed by atoms with Crippen molar-refractivity contribution < 1.29 is 37.0 Å². The largest absolute Gasteiger partial charge is 0.491 e. The molecule has 2 aromatic rings. The second kappa shape index (κ2) is 13.9. The molecule has 1 spiro atoms. The second-order valence-electron chi connectivity index (χ2n) is 13.3. The van der Waals surface area contributed by atoms with Crippen molar-refractivity contribution in [2.24, 2.45) is 17.1 Å². The highest BCUT2D eigenvalue weighted by molar-refractivity contribution is 6.31. The van der Waals surface area contributed by atoms with E-state index in [1.807, 2.05) is 6.07 Å². The van der Waals surface area contributed by atoms with Gasteiger partial charge >= 0.3 is 18.2 Å². The summed E-state index contributed by atoms with van der Waals surface area (Å²) >= 11 is 6.11. The molecule has 13 nitrogen and oxygen atoms in total. The van der Waals surface area contributed by atoms with Gasteiger partial charge in [0.2, 0.25) is 0 Å². The number of nitrogens with two attached hydrogens (primary N) is 1. The zero-order chi connectivity index (χ0) is 34.9. The van der Waals surface area contributed by atoms with Crippen molar-refractivity contribution in [1.29, 1.82) is 5.26 Å². The quantitative estimate of drug-likeness (QED) is 0.389. The molecule has 3 aliphatic heterocycles. The molecule has 3 N–H and O–H groups in total. The Kier molecular flexibility index (Phi) is 9.76. The van der Waals surface area contributed by atoms with Crippen molar-refractivity contribution in [2.45, 2.75) is 63.1 Å². The van der Waals surface area contributed by atoms with Crippen LogP contribution in [0.1, 0.15) is 54.6 Å². The predicted molar refractivity (Wildman–Crippen MR) is 168 cm³/mol. The zero-order valence-corrected chi connectivity index (χ0v) is 27.3. The summed E-state index contributed by atoms with van der Waals surface area (Å²) in [6.07, 6.45) is -1.76. The Morgan fingerprint density at radius 3 is 2.35 bits per heavy atom. The third-order valence-corrected chi connectivity index (χ3v) is 10.1. The van der Waals surface area contributed by atoms with Gasteiger partial charge in [-0.05, 0) is 68.7 Å². The van der Waals surface area contributed by atoms with Gasteiger partial charge in [0.05, 0.1) is 22.1 Å². The fourth-order valence-electron chi connectivity index (χ4n) is 7.26. The number of halogens is 4. The Labute approximate surface area is 285 Å². The number of primary amides is 1. The summed E-state index contributed by atoms with van der Waals surface area (Å²) in [6.45, 7) is 3.15. The summed E-state index contributed by atoms with van der Waals surface area (Å²) in [5.74, 6) is -0.980. The van der Waals surface area contributed by atoms with Gasteiger partial charge in [-0.2, -0.15) is 18.4 Å². The Bertz CT molecular complexity index is 1600. The fraction of sp³-hybridized carbons (Fsp3) is 0.562. The van der Waals surface area contributed by atoms with Crippen molar-refractivity contribution in [3.05, 3.63) is 46.6 Å². The molecule has 3 amide bonds. The molecule has 262 valence electrons. The predicted octanol–water partition coefficient (Wildman–Crippen LogP) is 3.47. The lowest BCUT2D eigenvalue weighted by atomic mass is 9.70. The number of urea groups is 1. The van der Waals surface area contributed by atoms with Gasteiger partial charge in [0.1, 0.15) is 11.8 Å². The van der Waals surface area contributed by atoms with Crippen LogP contribution in [0, 0.1) is 22.7 Å². The summed E-state index contributed by atoms with van der Waals surface area (Å²) in [6, 6.07) is 9.56. The number of esters is 1. The number of amides is 3. The number of nitrogens with one attached hydrogen (secondary N) is 1. The van der Waals surface area contributed by atoms with Gasteiger partial charge in [-0.25, -0.2) is 9.59 Å². The fourth-order valence-corrected chi connectivity index (χ4v) is 7.47. The maximum atomic E-state index is 12.9. The van der Waals surface area contributed by atoms with Crippen molar-refractivity contribution in [3.8, 4) is 11.8 Å². The van der Waals surface area contributed by atoms with Crippen LogP contribution in [0.2, 0.25) is 5.02 Å². The van der Waals surface area contributed by atoms with Crippen LogP contribution in [0.3, 0.4) is 0 Å². The molecule has 6 rings (SSSR count). The highest BCUT2D eigenvalue weighted by Crippen LogP contribution is 2.47. The van der Waals surface area contributed by atoms with Crippen LogP contribution >= 0.6 is 11.6 Å². The average molecular weight is 705 g/mol. The van der Waals surface area contributed by atoms with Crippen LogP contribution in [-0.2, 0) is 9.53 Å². The van der Waals surface area contributed by atoms with Crippen LogP contribution in [-0.4, -0.2) is 102 Å². The minimum Gasteiger partial charge on any atom is -0.490 e. The first-order valence-electron chi connectivity index (χ1n) is 16.2. The topological polar surface area (TPSA) is 167 Å². The molecule has 0 bridgehead atoms. The summed E-state index contributed by atoms with van der Waals surface area (Å²) in [5, 5.41) is 20.9. The number of piperidine rings is 1. The number of nitriles is 1. The highest BCUT2D eigenvalue weighted by Gasteiger charge is 2.64. The number of hydrogen-bond donors (Lipinski definition) is 2. The molecule has 3 saturated heterocycles. The first-order valence-corrected chi connectivity index (χ1v) is 16.5. The Morgan fingerprint density at radius 2 is 1.76 bits per heavy atom. The molecule has 4 aliphatic rings. The summed E-state index contributed by atoms with van der Waals surface area (Å²) in [5.41, 5.74) is 5.16. The van der Waals surface area contributed by atoms with Crippen LogP contribution < -0.4 is 20.7 Å². The van der Waals surface area contributed by atoms with Gasteiger partial charge in [-0.1, -0.05) is 11.6 Å². The molecule has 0 radical (unpaired) electrons. The molecule has 1 aromatic heterocycles. The van der Waals surface area contributed by atoms with E-state index in [9.17, 15) is 27.6 Å². The van der Waals surface area contributed by atoms with E-state index in [0.717, 1.165) is 63.1 Å². The number of aromatic nitrogens is 2. The number of hydrogen-bond acceptors (Lipinski definition) is 10. The van der Waals surface area contributed by atoms with Crippen LogP contribution in [0.25, 0.3) is 0 Å². The number of alkyl halides is 3.